The van der Waals surface area contributed by atoms with Gasteiger partial charge in [-0.3, -0.25) is 0 Å². The summed E-state index contributed by atoms with van der Waals surface area (Å²) in [6.07, 6.45) is 3.58. The molecule has 0 aromatic heterocycles. The van der Waals surface area contributed by atoms with Crippen LogP contribution in [0.1, 0.15) is 33.1 Å². The minimum Gasteiger partial charge on any atom is -0.397 e. The van der Waals surface area contributed by atoms with E-state index in [0.717, 1.165) is 18.8 Å². The van der Waals surface area contributed by atoms with Gasteiger partial charge in [0.05, 0.1) is 11.4 Å². The third kappa shape index (κ3) is 2.54. The van der Waals surface area contributed by atoms with E-state index in [1.54, 1.807) is 6.07 Å². The maximum absolute atomic E-state index is 13.0. The van der Waals surface area contributed by atoms with Crippen molar-refractivity contribution < 1.29 is 4.39 Å². The van der Waals surface area contributed by atoms with Crippen molar-refractivity contribution in [3.05, 3.63) is 24.0 Å². The lowest BCUT2D eigenvalue weighted by molar-refractivity contribution is 0.238. The molecule has 1 aromatic rings. The Labute approximate surface area is 103 Å². The number of halogens is 1. The van der Waals surface area contributed by atoms with E-state index in [1.807, 2.05) is 0 Å². The highest BCUT2D eigenvalue weighted by Crippen LogP contribution is 2.37. The molecule has 0 bridgehead atoms. The average Bonchev–Trinajstić information content (AvgIpc) is 2.31. The van der Waals surface area contributed by atoms with E-state index >= 15 is 0 Å². The number of rotatable bonds is 2. The van der Waals surface area contributed by atoms with E-state index in [2.05, 4.69) is 18.7 Å². The zero-order valence-electron chi connectivity index (χ0n) is 10.7. The second-order valence-electron chi connectivity index (χ2n) is 5.35. The number of nitrogens with zero attached hydrogens (tertiary/aromatic N) is 1. The zero-order chi connectivity index (χ0) is 12.5. The lowest BCUT2D eigenvalue weighted by Gasteiger charge is -2.40. The predicted molar refractivity (Wildman–Crippen MR) is 70.7 cm³/mol. The van der Waals surface area contributed by atoms with E-state index in [1.165, 1.54) is 31.4 Å². The Hall–Kier alpha value is -1.25. The molecule has 0 aliphatic carbocycles. The van der Waals surface area contributed by atoms with Gasteiger partial charge in [-0.2, -0.15) is 0 Å². The van der Waals surface area contributed by atoms with Crippen molar-refractivity contribution in [2.75, 3.05) is 23.7 Å². The largest absolute Gasteiger partial charge is 0.397 e. The fourth-order valence-electron chi connectivity index (χ4n) is 2.45. The molecule has 2 N–H and O–H groups in total. The lowest BCUT2D eigenvalue weighted by Crippen LogP contribution is -2.38. The van der Waals surface area contributed by atoms with Crippen LogP contribution in [0.2, 0.25) is 0 Å². The standard InChI is InChI=1S/C14H21FN2/c1-3-14(2)6-8-17(9-7-14)13-5-4-11(15)10-12(13)16/h4-5,10H,3,6-9,16H2,1-2H3. The van der Waals surface area contributed by atoms with Crippen LogP contribution < -0.4 is 10.6 Å². The van der Waals surface area contributed by atoms with Crippen LogP contribution in [-0.2, 0) is 0 Å². The Balaban J connectivity index is 2.10. The molecule has 2 nitrogen and oxygen atoms in total. The van der Waals surface area contributed by atoms with Crippen molar-refractivity contribution in [3.8, 4) is 0 Å². The van der Waals surface area contributed by atoms with Crippen LogP contribution in [0.15, 0.2) is 18.2 Å². The molecule has 1 aliphatic heterocycles. The van der Waals surface area contributed by atoms with Crippen molar-refractivity contribution in [1.29, 1.82) is 0 Å². The molecular formula is C14H21FN2. The first-order chi connectivity index (χ1) is 8.04. The minimum absolute atomic E-state index is 0.262. The number of nitrogen functional groups attached to an aromatic ring is 1. The molecule has 94 valence electrons. The number of anilines is 2. The van der Waals surface area contributed by atoms with Gasteiger partial charge in [0, 0.05) is 13.1 Å². The second-order valence-corrected chi connectivity index (χ2v) is 5.35. The Morgan fingerprint density at radius 1 is 1.35 bits per heavy atom. The average molecular weight is 236 g/mol. The monoisotopic (exact) mass is 236 g/mol. The number of hydrogen-bond acceptors (Lipinski definition) is 2. The van der Waals surface area contributed by atoms with Gasteiger partial charge in [-0.1, -0.05) is 20.3 Å². The number of benzene rings is 1. The fraction of sp³-hybridized carbons (Fsp3) is 0.571. The van der Waals surface area contributed by atoms with Crippen LogP contribution in [0.4, 0.5) is 15.8 Å². The number of hydrogen-bond donors (Lipinski definition) is 1. The predicted octanol–water partition coefficient (Wildman–Crippen LogP) is 3.42. The maximum Gasteiger partial charge on any atom is 0.125 e. The molecule has 1 aromatic carbocycles. The molecule has 1 fully saturated rings. The highest BCUT2D eigenvalue weighted by molar-refractivity contribution is 5.67. The minimum atomic E-state index is -0.262. The van der Waals surface area contributed by atoms with Gasteiger partial charge in [0.25, 0.3) is 0 Å². The fourth-order valence-corrected chi connectivity index (χ4v) is 2.45. The maximum atomic E-state index is 13.0. The molecule has 0 saturated carbocycles. The van der Waals surface area contributed by atoms with E-state index in [0.29, 0.717) is 11.1 Å². The summed E-state index contributed by atoms with van der Waals surface area (Å²) in [7, 11) is 0. The van der Waals surface area contributed by atoms with Gasteiger partial charge in [0.2, 0.25) is 0 Å². The van der Waals surface area contributed by atoms with Gasteiger partial charge in [-0.15, -0.1) is 0 Å². The molecule has 1 aliphatic rings. The second kappa shape index (κ2) is 4.55. The van der Waals surface area contributed by atoms with E-state index in [4.69, 9.17) is 5.73 Å². The summed E-state index contributed by atoms with van der Waals surface area (Å²) >= 11 is 0. The van der Waals surface area contributed by atoms with Gasteiger partial charge in [0.15, 0.2) is 0 Å². The van der Waals surface area contributed by atoms with Crippen LogP contribution in [0, 0.1) is 11.2 Å². The first kappa shape index (κ1) is 12.2. The molecule has 0 amide bonds. The topological polar surface area (TPSA) is 29.3 Å². The Kier molecular flexibility index (Phi) is 3.27. The van der Waals surface area contributed by atoms with Gasteiger partial charge >= 0.3 is 0 Å². The van der Waals surface area contributed by atoms with Gasteiger partial charge < -0.3 is 10.6 Å². The summed E-state index contributed by atoms with van der Waals surface area (Å²) in [5.74, 6) is -0.262. The Morgan fingerprint density at radius 2 is 2.00 bits per heavy atom. The van der Waals surface area contributed by atoms with Crippen LogP contribution in [0.25, 0.3) is 0 Å². The molecule has 0 unspecified atom stereocenters. The number of nitrogens with two attached hydrogens (primary N) is 1. The summed E-state index contributed by atoms with van der Waals surface area (Å²) in [5.41, 5.74) is 7.86. The highest BCUT2D eigenvalue weighted by atomic mass is 19.1. The summed E-state index contributed by atoms with van der Waals surface area (Å²) in [4.78, 5) is 2.27. The highest BCUT2D eigenvalue weighted by Gasteiger charge is 2.28. The Bertz CT molecular complexity index is 395. The van der Waals surface area contributed by atoms with Crippen LogP contribution >= 0.6 is 0 Å². The van der Waals surface area contributed by atoms with E-state index in [9.17, 15) is 4.39 Å². The molecule has 0 radical (unpaired) electrons. The third-order valence-electron chi connectivity index (χ3n) is 4.15. The van der Waals surface area contributed by atoms with Crippen molar-refractivity contribution in [3.63, 3.8) is 0 Å². The van der Waals surface area contributed by atoms with Gasteiger partial charge in [-0.25, -0.2) is 4.39 Å². The third-order valence-corrected chi connectivity index (χ3v) is 4.15. The van der Waals surface area contributed by atoms with E-state index < -0.39 is 0 Å². The first-order valence-electron chi connectivity index (χ1n) is 6.34. The molecule has 0 spiro atoms. The Morgan fingerprint density at radius 3 is 2.53 bits per heavy atom. The van der Waals surface area contributed by atoms with Gasteiger partial charge in [0.1, 0.15) is 5.82 Å². The van der Waals surface area contributed by atoms with Crippen LogP contribution in [0.5, 0.6) is 0 Å². The van der Waals surface area contributed by atoms with Gasteiger partial charge in [-0.05, 0) is 36.5 Å². The van der Waals surface area contributed by atoms with Crippen molar-refractivity contribution in [2.24, 2.45) is 5.41 Å². The summed E-state index contributed by atoms with van der Waals surface area (Å²) in [5, 5.41) is 0. The lowest BCUT2D eigenvalue weighted by atomic mass is 9.78. The molecule has 1 saturated heterocycles. The molecule has 0 atom stereocenters. The van der Waals surface area contributed by atoms with E-state index in [-0.39, 0.29) is 5.82 Å². The normalized spacial score (nSPS) is 19.4. The molecule has 3 heteroatoms. The molecular weight excluding hydrogens is 215 g/mol. The summed E-state index contributed by atoms with van der Waals surface area (Å²) in [6.45, 7) is 6.63. The van der Waals surface area contributed by atoms with Crippen LogP contribution in [-0.4, -0.2) is 13.1 Å². The summed E-state index contributed by atoms with van der Waals surface area (Å²) in [6, 6.07) is 4.68. The SMILES string of the molecule is CCC1(C)CCN(c2ccc(F)cc2N)CC1. The van der Waals surface area contributed by atoms with Crippen molar-refractivity contribution >= 4 is 11.4 Å². The molecule has 2 rings (SSSR count). The molecule has 17 heavy (non-hydrogen) atoms. The quantitative estimate of drug-likeness (QED) is 0.797. The van der Waals surface area contributed by atoms with Crippen LogP contribution in [0.3, 0.4) is 0 Å². The zero-order valence-corrected chi connectivity index (χ0v) is 10.7. The number of piperidine rings is 1. The van der Waals surface area contributed by atoms with Crippen molar-refractivity contribution in [2.45, 2.75) is 33.1 Å². The smallest absolute Gasteiger partial charge is 0.125 e. The van der Waals surface area contributed by atoms with Crippen molar-refractivity contribution in [1.82, 2.24) is 0 Å². The summed E-state index contributed by atoms with van der Waals surface area (Å²) < 4.78 is 13.0. The molecule has 1 heterocycles. The first-order valence-corrected chi connectivity index (χ1v) is 6.34.